The van der Waals surface area contributed by atoms with Crippen LogP contribution in [0.25, 0.3) is 10.8 Å². The van der Waals surface area contributed by atoms with Crippen LogP contribution in [0.15, 0.2) is 65.6 Å². The maximum absolute atomic E-state index is 13.5. The van der Waals surface area contributed by atoms with E-state index in [9.17, 15) is 22.4 Å². The van der Waals surface area contributed by atoms with Gasteiger partial charge in [0.25, 0.3) is 10.0 Å². The minimum atomic E-state index is -3.70. The molecule has 1 heterocycles. The van der Waals surface area contributed by atoms with E-state index in [4.69, 9.17) is 0 Å². The van der Waals surface area contributed by atoms with Gasteiger partial charge in [0.1, 0.15) is 11.9 Å². The highest BCUT2D eigenvalue weighted by Crippen LogP contribution is 2.42. The van der Waals surface area contributed by atoms with Crippen molar-refractivity contribution < 1.29 is 22.4 Å². The molecule has 0 spiro atoms. The van der Waals surface area contributed by atoms with Gasteiger partial charge in [-0.1, -0.05) is 49.2 Å². The Labute approximate surface area is 222 Å². The lowest BCUT2D eigenvalue weighted by atomic mass is 10.1. The topological polar surface area (TPSA) is 86.8 Å². The molecule has 0 bridgehead atoms. The van der Waals surface area contributed by atoms with Gasteiger partial charge in [-0.3, -0.25) is 13.9 Å². The number of nitrogens with one attached hydrogen (secondary N) is 1. The van der Waals surface area contributed by atoms with Gasteiger partial charge in [0.05, 0.1) is 10.6 Å². The van der Waals surface area contributed by atoms with Crippen LogP contribution in [0, 0.1) is 5.82 Å². The van der Waals surface area contributed by atoms with Gasteiger partial charge in [0, 0.05) is 30.9 Å². The predicted octanol–water partition coefficient (Wildman–Crippen LogP) is 4.74. The van der Waals surface area contributed by atoms with Crippen molar-refractivity contribution in [3.63, 3.8) is 0 Å². The van der Waals surface area contributed by atoms with Crippen LogP contribution in [0.2, 0.25) is 0 Å². The Bertz CT molecular complexity index is 1450. The summed E-state index contributed by atoms with van der Waals surface area (Å²) in [6, 6.07) is 16.0. The molecule has 1 saturated carbocycles. The molecule has 3 aromatic rings. The van der Waals surface area contributed by atoms with E-state index in [1.807, 2.05) is 18.2 Å². The van der Waals surface area contributed by atoms with Crippen molar-refractivity contribution in [2.24, 2.45) is 0 Å². The maximum atomic E-state index is 13.5. The second kappa shape index (κ2) is 10.7. The molecule has 200 valence electrons. The minimum Gasteiger partial charge on any atom is -0.352 e. The van der Waals surface area contributed by atoms with Crippen LogP contribution < -0.4 is 9.62 Å². The fraction of sp³-hybridized carbons (Fsp3) is 0.379. The smallest absolute Gasteiger partial charge is 0.265 e. The molecule has 3 aromatic carbocycles. The number of halogens is 1. The number of benzene rings is 3. The molecular formula is C29H32FN3O4S. The maximum Gasteiger partial charge on any atom is 0.265 e. The van der Waals surface area contributed by atoms with Crippen molar-refractivity contribution in [2.75, 3.05) is 10.8 Å². The molecule has 0 radical (unpaired) electrons. The first-order valence-electron chi connectivity index (χ1n) is 13.1. The summed E-state index contributed by atoms with van der Waals surface area (Å²) in [5.74, 6) is -0.839. The number of carbonyl (C=O) groups is 2. The fourth-order valence-electron chi connectivity index (χ4n) is 5.48. The molecule has 5 rings (SSSR count). The van der Waals surface area contributed by atoms with Crippen LogP contribution in [0.4, 0.5) is 10.1 Å². The first-order chi connectivity index (χ1) is 18.3. The van der Waals surface area contributed by atoms with Crippen LogP contribution in [-0.4, -0.2) is 43.8 Å². The average molecular weight is 538 g/mol. The van der Waals surface area contributed by atoms with Gasteiger partial charge in [-0.25, -0.2) is 12.8 Å². The second-order valence-electron chi connectivity index (χ2n) is 10.1. The van der Waals surface area contributed by atoms with E-state index in [-0.39, 0.29) is 48.1 Å². The highest BCUT2D eigenvalue weighted by Gasteiger charge is 2.35. The minimum absolute atomic E-state index is 0.0700. The molecule has 1 aliphatic heterocycles. The molecule has 1 fully saturated rings. The van der Waals surface area contributed by atoms with Crippen LogP contribution >= 0.6 is 0 Å². The number of hydrogen-bond donors (Lipinski definition) is 1. The molecular weight excluding hydrogens is 505 g/mol. The van der Waals surface area contributed by atoms with Gasteiger partial charge in [-0.05, 0) is 61.4 Å². The lowest BCUT2D eigenvalue weighted by Gasteiger charge is -2.30. The fourth-order valence-corrected chi connectivity index (χ4v) is 7.23. The number of sulfonamides is 1. The standard InChI is InChI=1S/C29H32FN3O4S/c1-20(29(35)31-24-9-2-3-10-24)32(19-21-14-16-23(30)17-15-21)27(34)13-6-18-33-25-11-4-7-22-8-5-12-26(28(22)25)38(33,36)37/h4-5,7-8,11-12,14-17,20,24H,2-3,6,9-10,13,18-19H2,1H3,(H,31,35)/t20-/m1/s1. The molecule has 1 N–H and O–H groups in total. The Morgan fingerprint density at radius 1 is 1.05 bits per heavy atom. The zero-order chi connectivity index (χ0) is 26.9. The van der Waals surface area contributed by atoms with Gasteiger partial charge in [0.2, 0.25) is 11.8 Å². The molecule has 7 nitrogen and oxygen atoms in total. The largest absolute Gasteiger partial charge is 0.352 e. The first-order valence-corrected chi connectivity index (χ1v) is 14.6. The van der Waals surface area contributed by atoms with E-state index in [1.54, 1.807) is 37.3 Å². The van der Waals surface area contributed by atoms with E-state index in [2.05, 4.69) is 5.32 Å². The molecule has 2 aliphatic rings. The highest BCUT2D eigenvalue weighted by molar-refractivity contribution is 7.93. The molecule has 2 amide bonds. The number of nitrogens with zero attached hydrogens (tertiary/aromatic N) is 2. The summed E-state index contributed by atoms with van der Waals surface area (Å²) in [6.07, 6.45) is 4.39. The molecule has 0 unspecified atom stereocenters. The summed E-state index contributed by atoms with van der Waals surface area (Å²) in [7, 11) is -3.70. The van der Waals surface area contributed by atoms with E-state index in [0.29, 0.717) is 23.1 Å². The van der Waals surface area contributed by atoms with Crippen molar-refractivity contribution in [2.45, 2.75) is 69.0 Å². The third-order valence-corrected chi connectivity index (χ3v) is 9.42. The number of carbonyl (C=O) groups excluding carboxylic acids is 2. The first kappa shape index (κ1) is 26.2. The molecule has 1 atom stereocenters. The van der Waals surface area contributed by atoms with Crippen LogP contribution in [0.3, 0.4) is 0 Å². The number of amides is 2. The Morgan fingerprint density at radius 3 is 2.45 bits per heavy atom. The predicted molar refractivity (Wildman–Crippen MR) is 145 cm³/mol. The summed E-state index contributed by atoms with van der Waals surface area (Å²) < 4.78 is 41.3. The molecule has 9 heteroatoms. The van der Waals surface area contributed by atoms with E-state index >= 15 is 0 Å². The van der Waals surface area contributed by atoms with Gasteiger partial charge < -0.3 is 10.2 Å². The second-order valence-corrected chi connectivity index (χ2v) is 12.0. The summed E-state index contributed by atoms with van der Waals surface area (Å²) in [4.78, 5) is 28.3. The van der Waals surface area contributed by atoms with E-state index in [0.717, 1.165) is 31.1 Å². The van der Waals surface area contributed by atoms with Crippen molar-refractivity contribution in [1.29, 1.82) is 0 Å². The van der Waals surface area contributed by atoms with Crippen LogP contribution in [0.1, 0.15) is 51.0 Å². The SMILES string of the molecule is C[C@H](C(=O)NC1CCCC1)N(Cc1ccc(F)cc1)C(=O)CCCN1c2cccc3cccc(c23)S1(=O)=O. The van der Waals surface area contributed by atoms with E-state index < -0.39 is 16.1 Å². The van der Waals surface area contributed by atoms with Crippen molar-refractivity contribution in [1.82, 2.24) is 10.2 Å². The van der Waals surface area contributed by atoms with Crippen molar-refractivity contribution in [3.8, 4) is 0 Å². The number of anilines is 1. The normalized spacial score (nSPS) is 17.1. The van der Waals surface area contributed by atoms with Crippen molar-refractivity contribution in [3.05, 3.63) is 72.0 Å². The van der Waals surface area contributed by atoms with Crippen LogP contribution in [-0.2, 0) is 26.2 Å². The Balaban J connectivity index is 1.29. The summed E-state index contributed by atoms with van der Waals surface area (Å²) in [5.41, 5.74) is 1.34. The highest BCUT2D eigenvalue weighted by atomic mass is 32.2. The lowest BCUT2D eigenvalue weighted by Crippen LogP contribution is -2.49. The van der Waals surface area contributed by atoms with E-state index in [1.165, 1.54) is 21.3 Å². The zero-order valence-electron chi connectivity index (χ0n) is 21.4. The van der Waals surface area contributed by atoms with Gasteiger partial charge in [-0.2, -0.15) is 0 Å². The number of hydrogen-bond acceptors (Lipinski definition) is 4. The number of rotatable bonds is 9. The quantitative estimate of drug-likeness (QED) is 0.427. The van der Waals surface area contributed by atoms with Gasteiger partial charge >= 0.3 is 0 Å². The zero-order valence-corrected chi connectivity index (χ0v) is 22.2. The van der Waals surface area contributed by atoms with Crippen molar-refractivity contribution >= 4 is 38.3 Å². The Hall–Kier alpha value is -3.46. The van der Waals surface area contributed by atoms with Crippen LogP contribution in [0.5, 0.6) is 0 Å². The summed E-state index contributed by atoms with van der Waals surface area (Å²) in [6.45, 7) is 2.01. The molecule has 0 saturated heterocycles. The molecule has 1 aliphatic carbocycles. The average Bonchev–Trinajstić information content (AvgIpc) is 3.49. The third kappa shape index (κ3) is 5.12. The molecule has 38 heavy (non-hydrogen) atoms. The lowest BCUT2D eigenvalue weighted by molar-refractivity contribution is -0.141. The Morgan fingerprint density at radius 2 is 1.74 bits per heavy atom. The van der Waals surface area contributed by atoms with Gasteiger partial charge in [-0.15, -0.1) is 0 Å². The Kier molecular flexibility index (Phi) is 7.38. The molecule has 0 aromatic heterocycles. The summed E-state index contributed by atoms with van der Waals surface area (Å²) >= 11 is 0. The summed E-state index contributed by atoms with van der Waals surface area (Å²) in [5, 5.41) is 4.62. The monoisotopic (exact) mass is 537 g/mol. The third-order valence-electron chi connectivity index (χ3n) is 7.57. The van der Waals surface area contributed by atoms with Gasteiger partial charge in [0.15, 0.2) is 0 Å².